The van der Waals surface area contributed by atoms with Gasteiger partial charge in [-0.15, -0.1) is 0 Å². The fraction of sp³-hybridized carbons (Fsp3) is 0.875. The minimum absolute atomic E-state index is 0.568. The van der Waals surface area contributed by atoms with E-state index in [2.05, 4.69) is 19.1 Å². The van der Waals surface area contributed by atoms with E-state index in [0.29, 0.717) is 4.32 Å². The third kappa shape index (κ3) is 31.9. The second-order valence-corrected chi connectivity index (χ2v) is 4.70. The Morgan fingerprint density at radius 3 is 2.08 bits per heavy atom. The van der Waals surface area contributed by atoms with Gasteiger partial charge in [-0.1, -0.05) is 37.3 Å². The lowest BCUT2D eigenvalue weighted by molar-refractivity contribution is 0.505. The highest BCUT2D eigenvalue weighted by molar-refractivity contribution is 8.22. The summed E-state index contributed by atoms with van der Waals surface area (Å²) in [6.07, 6.45) is 2.43. The number of thiocarbonyl (C=S) groups is 1. The zero-order chi connectivity index (χ0) is 9.98. The van der Waals surface area contributed by atoms with Gasteiger partial charge in [-0.2, -0.15) is 0 Å². The third-order valence-electron chi connectivity index (χ3n) is 0.742. The van der Waals surface area contributed by atoms with Gasteiger partial charge in [0.1, 0.15) is 4.32 Å². The maximum absolute atomic E-state index is 5.23. The largest absolute Gasteiger partial charge is 0.385 e. The fourth-order valence-electron chi connectivity index (χ4n) is 0.317. The summed E-state index contributed by atoms with van der Waals surface area (Å²) < 4.78 is 0.568. The lowest BCUT2D eigenvalue weighted by atomic mass is 10.4. The van der Waals surface area contributed by atoms with Crippen molar-refractivity contribution in [2.75, 3.05) is 26.9 Å². The van der Waals surface area contributed by atoms with Crippen LogP contribution in [0.5, 0.6) is 0 Å². The molecule has 4 heteroatoms. The van der Waals surface area contributed by atoms with Crippen molar-refractivity contribution in [2.45, 2.75) is 19.8 Å². The number of hydrogen-bond acceptors (Lipinski definition) is 3. The topological polar surface area (TPSA) is 29.3 Å². The van der Waals surface area contributed by atoms with Crippen molar-refractivity contribution < 1.29 is 0 Å². The molecule has 0 rings (SSSR count). The van der Waals surface area contributed by atoms with Crippen molar-refractivity contribution in [1.82, 2.24) is 4.90 Å². The normalized spacial score (nSPS) is 9.08. The molecule has 2 nitrogen and oxygen atoms in total. The zero-order valence-electron chi connectivity index (χ0n) is 8.46. The lowest BCUT2D eigenvalue weighted by Gasteiger charge is -1.93. The first kappa shape index (κ1) is 14.7. The molecule has 0 saturated carbocycles. The molecular weight excluding hydrogens is 188 g/mol. The number of rotatable bonds is 3. The molecule has 12 heavy (non-hydrogen) atoms. The maximum Gasteiger partial charge on any atom is 0.131 e. The average Bonchev–Trinajstić information content (AvgIpc) is 1.86. The molecule has 0 heterocycles. The standard InChI is InChI=1S/C5H11NS2.C3H9N/c1-2-3-4-8-5(6)7;1-4(2)3/h2-4H2,1H3,(H2,6,7);1-3H3. The summed E-state index contributed by atoms with van der Waals surface area (Å²) in [5.74, 6) is 1.08. The molecule has 0 spiro atoms. The second-order valence-electron chi connectivity index (χ2n) is 2.86. The van der Waals surface area contributed by atoms with E-state index in [9.17, 15) is 0 Å². The van der Waals surface area contributed by atoms with Gasteiger partial charge in [0.15, 0.2) is 0 Å². The van der Waals surface area contributed by atoms with Crippen molar-refractivity contribution in [3.05, 3.63) is 0 Å². The van der Waals surface area contributed by atoms with Gasteiger partial charge in [-0.05, 0) is 27.6 Å². The van der Waals surface area contributed by atoms with Crippen molar-refractivity contribution >= 4 is 28.3 Å². The van der Waals surface area contributed by atoms with Gasteiger partial charge in [-0.3, -0.25) is 0 Å². The summed E-state index contributed by atoms with van der Waals surface area (Å²) in [6.45, 7) is 2.15. The van der Waals surface area contributed by atoms with Crippen LogP contribution >= 0.6 is 24.0 Å². The van der Waals surface area contributed by atoms with E-state index in [1.807, 2.05) is 26.0 Å². The molecule has 0 fully saturated rings. The van der Waals surface area contributed by atoms with Crippen molar-refractivity contribution in [3.8, 4) is 0 Å². The van der Waals surface area contributed by atoms with Gasteiger partial charge in [0, 0.05) is 5.75 Å². The molecule has 0 aromatic carbocycles. The highest BCUT2D eigenvalue weighted by atomic mass is 32.2. The Labute approximate surface area is 85.9 Å². The Hall–Kier alpha value is 0.200. The molecule has 0 aromatic rings. The van der Waals surface area contributed by atoms with E-state index in [1.165, 1.54) is 12.8 Å². The fourth-order valence-corrected chi connectivity index (χ4v) is 1.20. The van der Waals surface area contributed by atoms with E-state index in [-0.39, 0.29) is 0 Å². The first-order chi connectivity index (χ1) is 5.50. The summed E-state index contributed by atoms with van der Waals surface area (Å²) in [6, 6.07) is 0. The predicted octanol–water partition coefficient (Wildman–Crippen LogP) is 1.94. The predicted molar refractivity (Wildman–Crippen MR) is 63.8 cm³/mol. The number of nitrogens with two attached hydrogens (primary N) is 1. The molecule has 74 valence electrons. The average molecular weight is 208 g/mol. The number of nitrogens with zero attached hydrogens (tertiary/aromatic N) is 1. The first-order valence-corrected chi connectivity index (χ1v) is 5.43. The molecule has 0 radical (unpaired) electrons. The molecule has 0 bridgehead atoms. The first-order valence-electron chi connectivity index (χ1n) is 4.03. The highest BCUT2D eigenvalue weighted by Gasteiger charge is 1.86. The lowest BCUT2D eigenvalue weighted by Crippen LogP contribution is -2.02. The van der Waals surface area contributed by atoms with Gasteiger partial charge < -0.3 is 10.6 Å². The summed E-state index contributed by atoms with van der Waals surface area (Å²) in [5, 5.41) is 0. The maximum atomic E-state index is 5.23. The van der Waals surface area contributed by atoms with E-state index in [4.69, 9.17) is 5.73 Å². The molecule has 0 atom stereocenters. The van der Waals surface area contributed by atoms with Gasteiger partial charge in [-0.25, -0.2) is 0 Å². The van der Waals surface area contributed by atoms with Gasteiger partial charge >= 0.3 is 0 Å². The monoisotopic (exact) mass is 208 g/mol. The molecule has 0 aliphatic carbocycles. The van der Waals surface area contributed by atoms with Crippen LogP contribution in [0, 0.1) is 0 Å². The van der Waals surface area contributed by atoms with Crippen molar-refractivity contribution in [1.29, 1.82) is 0 Å². The number of unbranched alkanes of at least 4 members (excludes halogenated alkanes) is 1. The van der Waals surface area contributed by atoms with Crippen LogP contribution in [-0.2, 0) is 0 Å². The van der Waals surface area contributed by atoms with Crippen LogP contribution in [0.1, 0.15) is 19.8 Å². The van der Waals surface area contributed by atoms with Gasteiger partial charge in [0.2, 0.25) is 0 Å². The van der Waals surface area contributed by atoms with Crippen LogP contribution in [0.15, 0.2) is 0 Å². The molecule has 0 aliphatic rings. The van der Waals surface area contributed by atoms with E-state index < -0.39 is 0 Å². The molecule has 0 amide bonds. The molecule has 0 aromatic heterocycles. The highest BCUT2D eigenvalue weighted by Crippen LogP contribution is 2.02. The summed E-state index contributed by atoms with van der Waals surface area (Å²) >= 11 is 6.21. The second kappa shape index (κ2) is 11.2. The van der Waals surface area contributed by atoms with Crippen LogP contribution in [-0.4, -0.2) is 36.1 Å². The minimum atomic E-state index is 0.568. The van der Waals surface area contributed by atoms with E-state index in [1.54, 1.807) is 11.8 Å². The Morgan fingerprint density at radius 2 is 1.83 bits per heavy atom. The number of thioether (sulfide) groups is 1. The molecule has 2 N–H and O–H groups in total. The van der Waals surface area contributed by atoms with Crippen LogP contribution in [0.3, 0.4) is 0 Å². The van der Waals surface area contributed by atoms with Crippen LogP contribution in [0.25, 0.3) is 0 Å². The van der Waals surface area contributed by atoms with Crippen LogP contribution in [0.4, 0.5) is 0 Å². The van der Waals surface area contributed by atoms with Crippen molar-refractivity contribution in [3.63, 3.8) is 0 Å². The van der Waals surface area contributed by atoms with Crippen LogP contribution < -0.4 is 5.73 Å². The Balaban J connectivity index is 0. The zero-order valence-corrected chi connectivity index (χ0v) is 10.1. The summed E-state index contributed by atoms with van der Waals surface area (Å²) in [4.78, 5) is 2.00. The van der Waals surface area contributed by atoms with E-state index in [0.717, 1.165) is 5.75 Å². The van der Waals surface area contributed by atoms with Crippen LogP contribution in [0.2, 0.25) is 0 Å². The quantitative estimate of drug-likeness (QED) is 0.567. The Morgan fingerprint density at radius 1 is 1.42 bits per heavy atom. The molecular formula is C8H20N2S2. The number of hydrogen-bond donors (Lipinski definition) is 1. The summed E-state index contributed by atoms with van der Waals surface area (Å²) in [5.41, 5.74) is 5.23. The Bertz CT molecular complexity index is 102. The minimum Gasteiger partial charge on any atom is -0.385 e. The SMILES string of the molecule is CCCCSC(N)=S.CN(C)C. The molecule has 0 aliphatic heterocycles. The van der Waals surface area contributed by atoms with Gasteiger partial charge in [0.05, 0.1) is 0 Å². The van der Waals surface area contributed by atoms with Gasteiger partial charge in [0.25, 0.3) is 0 Å². The smallest absolute Gasteiger partial charge is 0.131 e. The molecule has 0 unspecified atom stereocenters. The molecule has 0 saturated heterocycles. The van der Waals surface area contributed by atoms with Crippen molar-refractivity contribution in [2.24, 2.45) is 5.73 Å². The third-order valence-corrected chi connectivity index (χ3v) is 1.87. The summed E-state index contributed by atoms with van der Waals surface area (Å²) in [7, 11) is 6.00. The Kier molecular flexibility index (Phi) is 13.7. The van der Waals surface area contributed by atoms with E-state index >= 15 is 0 Å².